The SMILES string of the molecule is Cc1c(Cl)cc(C(=O)O)cc1S(=O)(=O)N(C)C. The fourth-order valence-electron chi connectivity index (χ4n) is 1.24. The molecule has 94 valence electrons. The Balaban J connectivity index is 3.60. The third-order valence-electron chi connectivity index (χ3n) is 2.30. The van der Waals surface area contributed by atoms with Gasteiger partial charge in [0, 0.05) is 19.1 Å². The Kier molecular flexibility index (Phi) is 3.81. The van der Waals surface area contributed by atoms with Gasteiger partial charge in [0.25, 0.3) is 0 Å². The molecule has 0 aliphatic rings. The maximum absolute atomic E-state index is 12.0. The number of nitrogens with zero attached hydrogens (tertiary/aromatic N) is 1. The summed E-state index contributed by atoms with van der Waals surface area (Å²) in [5, 5.41) is 8.98. The third-order valence-corrected chi connectivity index (χ3v) is 4.64. The average molecular weight is 278 g/mol. The van der Waals surface area contributed by atoms with Crippen LogP contribution in [0, 0.1) is 6.92 Å². The molecule has 0 heterocycles. The molecular weight excluding hydrogens is 266 g/mol. The van der Waals surface area contributed by atoms with Gasteiger partial charge in [0.15, 0.2) is 0 Å². The van der Waals surface area contributed by atoms with Crippen LogP contribution >= 0.6 is 11.6 Å². The van der Waals surface area contributed by atoms with Crippen LogP contribution in [0.3, 0.4) is 0 Å². The molecule has 0 atom stereocenters. The Morgan fingerprint density at radius 3 is 2.29 bits per heavy atom. The van der Waals surface area contributed by atoms with Gasteiger partial charge in [-0.1, -0.05) is 11.6 Å². The zero-order valence-corrected chi connectivity index (χ0v) is 11.1. The highest BCUT2D eigenvalue weighted by Gasteiger charge is 2.23. The van der Waals surface area contributed by atoms with E-state index in [2.05, 4.69) is 0 Å². The maximum Gasteiger partial charge on any atom is 0.335 e. The Morgan fingerprint density at radius 2 is 1.88 bits per heavy atom. The van der Waals surface area contributed by atoms with Crippen LogP contribution in [0.4, 0.5) is 0 Å². The van der Waals surface area contributed by atoms with Crippen molar-refractivity contribution >= 4 is 27.6 Å². The Labute approximate surface area is 105 Å². The second-order valence-electron chi connectivity index (χ2n) is 3.67. The van der Waals surface area contributed by atoms with E-state index in [-0.39, 0.29) is 15.5 Å². The molecule has 0 spiro atoms. The number of sulfonamides is 1. The molecule has 0 aromatic heterocycles. The summed E-state index contributed by atoms with van der Waals surface area (Å²) < 4.78 is 24.9. The topological polar surface area (TPSA) is 74.7 Å². The van der Waals surface area contributed by atoms with Crippen LogP contribution in [0.2, 0.25) is 5.02 Å². The number of benzene rings is 1. The Hall–Kier alpha value is -1.11. The summed E-state index contributed by atoms with van der Waals surface area (Å²) in [6.45, 7) is 1.53. The lowest BCUT2D eigenvalue weighted by Crippen LogP contribution is -2.23. The fraction of sp³-hybridized carbons (Fsp3) is 0.300. The van der Waals surface area contributed by atoms with Crippen molar-refractivity contribution in [2.75, 3.05) is 14.1 Å². The van der Waals surface area contributed by atoms with Gasteiger partial charge in [-0.25, -0.2) is 17.5 Å². The molecule has 5 nitrogen and oxygen atoms in total. The smallest absolute Gasteiger partial charge is 0.335 e. The number of hydrogen-bond donors (Lipinski definition) is 1. The average Bonchev–Trinajstić information content (AvgIpc) is 2.20. The van der Waals surface area contributed by atoms with Gasteiger partial charge >= 0.3 is 5.97 Å². The third kappa shape index (κ3) is 2.59. The van der Waals surface area contributed by atoms with Crippen molar-refractivity contribution in [1.29, 1.82) is 0 Å². The molecule has 0 radical (unpaired) electrons. The van der Waals surface area contributed by atoms with E-state index in [1.54, 1.807) is 0 Å². The van der Waals surface area contributed by atoms with Gasteiger partial charge in [-0.05, 0) is 24.6 Å². The summed E-state index contributed by atoms with van der Waals surface area (Å²) in [5.41, 5.74) is 0.186. The van der Waals surface area contributed by atoms with Crippen molar-refractivity contribution in [1.82, 2.24) is 4.31 Å². The molecule has 0 saturated heterocycles. The summed E-state index contributed by atoms with van der Waals surface area (Å²) in [4.78, 5) is 10.8. The summed E-state index contributed by atoms with van der Waals surface area (Å²) in [5.74, 6) is -1.22. The van der Waals surface area contributed by atoms with Crippen molar-refractivity contribution in [3.63, 3.8) is 0 Å². The van der Waals surface area contributed by atoms with E-state index < -0.39 is 16.0 Å². The van der Waals surface area contributed by atoms with Gasteiger partial charge in [-0.3, -0.25) is 0 Å². The van der Waals surface area contributed by atoms with Crippen LogP contribution in [-0.4, -0.2) is 37.9 Å². The number of carboxylic acids is 1. The first-order chi connectivity index (χ1) is 7.67. The minimum Gasteiger partial charge on any atom is -0.478 e. The summed E-state index contributed by atoms with van der Waals surface area (Å²) in [6, 6.07) is 2.34. The summed E-state index contributed by atoms with van der Waals surface area (Å²) in [6.07, 6.45) is 0. The first-order valence-electron chi connectivity index (χ1n) is 4.64. The minimum atomic E-state index is -3.70. The molecule has 0 amide bonds. The highest BCUT2D eigenvalue weighted by molar-refractivity contribution is 7.89. The van der Waals surface area contributed by atoms with Crippen LogP contribution in [0.15, 0.2) is 17.0 Å². The highest BCUT2D eigenvalue weighted by atomic mass is 35.5. The fourth-order valence-corrected chi connectivity index (χ4v) is 2.68. The number of hydrogen-bond acceptors (Lipinski definition) is 3. The van der Waals surface area contributed by atoms with Gasteiger partial charge < -0.3 is 5.11 Å². The Bertz CT molecular complexity index is 566. The van der Waals surface area contributed by atoms with Gasteiger partial charge in [0.1, 0.15) is 0 Å². The summed E-state index contributed by atoms with van der Waals surface area (Å²) in [7, 11) is -0.958. The van der Waals surface area contributed by atoms with E-state index in [9.17, 15) is 13.2 Å². The molecule has 0 aliphatic heterocycles. The summed E-state index contributed by atoms with van der Waals surface area (Å²) >= 11 is 5.83. The lowest BCUT2D eigenvalue weighted by atomic mass is 10.1. The first-order valence-corrected chi connectivity index (χ1v) is 6.45. The van der Waals surface area contributed by atoms with E-state index in [0.29, 0.717) is 5.56 Å². The number of aromatic carboxylic acids is 1. The van der Waals surface area contributed by atoms with E-state index in [1.807, 2.05) is 0 Å². The lowest BCUT2D eigenvalue weighted by molar-refractivity contribution is 0.0696. The van der Waals surface area contributed by atoms with Crippen LogP contribution in [0.1, 0.15) is 15.9 Å². The molecular formula is C10H12ClNO4S. The van der Waals surface area contributed by atoms with Crippen molar-refractivity contribution in [3.8, 4) is 0 Å². The van der Waals surface area contributed by atoms with Gasteiger partial charge in [-0.2, -0.15) is 0 Å². The molecule has 0 aliphatic carbocycles. The molecule has 1 aromatic rings. The van der Waals surface area contributed by atoms with E-state index in [1.165, 1.54) is 27.1 Å². The number of rotatable bonds is 3. The molecule has 1 aromatic carbocycles. The number of halogens is 1. The van der Waals surface area contributed by atoms with Crippen molar-refractivity contribution in [3.05, 3.63) is 28.3 Å². The van der Waals surface area contributed by atoms with Crippen molar-refractivity contribution in [2.24, 2.45) is 0 Å². The maximum atomic E-state index is 12.0. The molecule has 7 heteroatoms. The number of carbonyl (C=O) groups is 1. The molecule has 0 unspecified atom stereocenters. The van der Waals surface area contributed by atoms with E-state index in [0.717, 1.165) is 10.4 Å². The van der Waals surface area contributed by atoms with Gasteiger partial charge in [-0.15, -0.1) is 0 Å². The molecule has 0 fully saturated rings. The van der Waals surface area contributed by atoms with E-state index in [4.69, 9.17) is 16.7 Å². The van der Waals surface area contributed by atoms with Crippen molar-refractivity contribution < 1.29 is 18.3 Å². The molecule has 0 bridgehead atoms. The Morgan fingerprint density at radius 1 is 1.35 bits per heavy atom. The molecule has 0 saturated carbocycles. The largest absolute Gasteiger partial charge is 0.478 e. The van der Waals surface area contributed by atoms with Crippen LogP contribution in [0.5, 0.6) is 0 Å². The van der Waals surface area contributed by atoms with Crippen LogP contribution < -0.4 is 0 Å². The van der Waals surface area contributed by atoms with Crippen molar-refractivity contribution in [2.45, 2.75) is 11.8 Å². The van der Waals surface area contributed by atoms with E-state index >= 15 is 0 Å². The quantitative estimate of drug-likeness (QED) is 0.910. The molecule has 1 N–H and O–H groups in total. The van der Waals surface area contributed by atoms with Crippen LogP contribution in [0.25, 0.3) is 0 Å². The first kappa shape index (κ1) is 14.0. The predicted molar refractivity (Wildman–Crippen MR) is 64.0 cm³/mol. The molecule has 17 heavy (non-hydrogen) atoms. The molecule has 1 rings (SSSR count). The normalized spacial score (nSPS) is 11.8. The lowest BCUT2D eigenvalue weighted by Gasteiger charge is -2.15. The van der Waals surface area contributed by atoms with Gasteiger partial charge in [0.2, 0.25) is 10.0 Å². The van der Waals surface area contributed by atoms with Crippen LogP contribution in [-0.2, 0) is 10.0 Å². The minimum absolute atomic E-state index is 0.0904. The second-order valence-corrected chi connectivity index (χ2v) is 6.20. The van der Waals surface area contributed by atoms with Gasteiger partial charge in [0.05, 0.1) is 10.5 Å². The monoisotopic (exact) mass is 277 g/mol. The standard InChI is InChI=1S/C10H12ClNO4S/c1-6-8(11)4-7(10(13)14)5-9(6)17(15,16)12(2)3/h4-5H,1-3H3,(H,13,14). The number of carboxylic acid groups (broad SMARTS) is 1. The highest BCUT2D eigenvalue weighted by Crippen LogP contribution is 2.26. The zero-order valence-electron chi connectivity index (χ0n) is 9.56. The second kappa shape index (κ2) is 4.64. The zero-order chi connectivity index (χ0) is 13.4. The predicted octanol–water partition coefficient (Wildman–Crippen LogP) is 1.60.